The van der Waals surface area contributed by atoms with E-state index in [9.17, 15) is 29.1 Å². The highest BCUT2D eigenvalue weighted by atomic mass is 32.2. The molecule has 0 aliphatic rings. The molecule has 0 heterocycles. The number of thioether (sulfide) groups is 1. The number of nitrogens with one attached hydrogen (secondary N) is 3. The molecule has 4 atom stereocenters. The van der Waals surface area contributed by atoms with E-state index in [1.165, 1.54) is 14.0 Å². The molecule has 4 N–H and O–H groups in total. The molecule has 39 heavy (non-hydrogen) atoms. The fraction of sp³-hybridized carbons (Fsp3) is 0.607. The van der Waals surface area contributed by atoms with Gasteiger partial charge in [-0.15, -0.1) is 0 Å². The standard InChI is InChI=1S/C28H43N3O7S/c1-16(2)12-21(24(39-18(5)32)15-25(33)30-23(28(36)37)13-17(3)4)26(34)31-22(27(35)29-6)14-19-8-10-20(38-7)11-9-19/h8-11,16-17,21-24H,12-15H2,1-7H3,(H,29,35)(H,30,33)(H,31,34)(H,36,37)/t21?,22-,23+,24?/m0/s1. The summed E-state index contributed by atoms with van der Waals surface area (Å²) in [7, 11) is 3.04. The average Bonchev–Trinajstić information content (AvgIpc) is 2.85. The van der Waals surface area contributed by atoms with Gasteiger partial charge >= 0.3 is 5.97 Å². The first kappa shape index (κ1) is 33.9. The fourth-order valence-corrected chi connectivity index (χ4v) is 5.26. The number of carboxylic acid groups (broad SMARTS) is 1. The lowest BCUT2D eigenvalue weighted by atomic mass is 9.90. The summed E-state index contributed by atoms with van der Waals surface area (Å²) in [6, 6.07) is 5.19. The molecular formula is C28H43N3O7S. The number of benzene rings is 1. The third kappa shape index (κ3) is 12.5. The first-order valence-electron chi connectivity index (χ1n) is 13.1. The van der Waals surface area contributed by atoms with Gasteiger partial charge in [-0.05, 0) is 42.4 Å². The topological polar surface area (TPSA) is 151 Å². The van der Waals surface area contributed by atoms with Crippen LogP contribution in [-0.2, 0) is 30.4 Å². The number of carbonyl (C=O) groups is 5. The van der Waals surface area contributed by atoms with Gasteiger partial charge in [0.1, 0.15) is 17.8 Å². The van der Waals surface area contributed by atoms with Gasteiger partial charge in [0.15, 0.2) is 5.12 Å². The van der Waals surface area contributed by atoms with Gasteiger partial charge in [0.2, 0.25) is 17.7 Å². The van der Waals surface area contributed by atoms with Gasteiger partial charge in [-0.1, -0.05) is 51.6 Å². The molecule has 0 saturated carbocycles. The van der Waals surface area contributed by atoms with Gasteiger partial charge in [-0.25, -0.2) is 4.79 Å². The number of carboxylic acids is 1. The van der Waals surface area contributed by atoms with Crippen molar-refractivity contribution in [3.63, 3.8) is 0 Å². The molecule has 0 saturated heterocycles. The Morgan fingerprint density at radius 2 is 1.49 bits per heavy atom. The van der Waals surface area contributed by atoms with Crippen LogP contribution < -0.4 is 20.7 Å². The normalized spacial score (nSPS) is 14.2. The zero-order valence-corrected chi connectivity index (χ0v) is 24.7. The third-order valence-electron chi connectivity index (χ3n) is 6.03. The molecule has 2 unspecified atom stereocenters. The smallest absolute Gasteiger partial charge is 0.326 e. The van der Waals surface area contributed by atoms with E-state index in [-0.39, 0.29) is 42.1 Å². The molecule has 11 heteroatoms. The number of likely N-dealkylation sites (N-methyl/N-ethyl adjacent to an activating group) is 1. The Labute approximate surface area is 235 Å². The van der Waals surface area contributed by atoms with Crippen LogP contribution in [-0.4, -0.2) is 65.4 Å². The quantitative estimate of drug-likeness (QED) is 0.239. The molecule has 218 valence electrons. The van der Waals surface area contributed by atoms with Crippen LogP contribution in [0.15, 0.2) is 24.3 Å². The van der Waals surface area contributed by atoms with Crippen molar-refractivity contribution in [1.29, 1.82) is 0 Å². The zero-order valence-electron chi connectivity index (χ0n) is 23.9. The predicted molar refractivity (Wildman–Crippen MR) is 151 cm³/mol. The molecule has 1 aromatic carbocycles. The van der Waals surface area contributed by atoms with Crippen molar-refractivity contribution in [2.75, 3.05) is 14.2 Å². The van der Waals surface area contributed by atoms with E-state index in [0.717, 1.165) is 17.3 Å². The Morgan fingerprint density at radius 3 is 1.95 bits per heavy atom. The number of carbonyl (C=O) groups excluding carboxylic acids is 4. The summed E-state index contributed by atoms with van der Waals surface area (Å²) in [5, 5.41) is 16.4. The molecule has 1 aromatic rings. The van der Waals surface area contributed by atoms with Crippen LogP contribution >= 0.6 is 11.8 Å². The number of hydrogen-bond acceptors (Lipinski definition) is 7. The molecule has 0 fully saturated rings. The summed E-state index contributed by atoms with van der Waals surface area (Å²) in [5.41, 5.74) is 0.809. The van der Waals surface area contributed by atoms with Crippen molar-refractivity contribution >= 4 is 40.6 Å². The first-order valence-corrected chi connectivity index (χ1v) is 14.0. The molecule has 0 aliphatic heterocycles. The lowest BCUT2D eigenvalue weighted by molar-refractivity contribution is -0.142. The van der Waals surface area contributed by atoms with Crippen molar-refractivity contribution in [3.05, 3.63) is 29.8 Å². The van der Waals surface area contributed by atoms with Crippen LogP contribution in [0.25, 0.3) is 0 Å². The van der Waals surface area contributed by atoms with E-state index < -0.39 is 41.0 Å². The average molecular weight is 566 g/mol. The molecule has 0 radical (unpaired) electrons. The summed E-state index contributed by atoms with van der Waals surface area (Å²) in [5.74, 6) is -2.55. The van der Waals surface area contributed by atoms with Gasteiger partial charge in [0, 0.05) is 32.1 Å². The Balaban J connectivity index is 3.19. The maximum Gasteiger partial charge on any atom is 0.326 e. The SMILES string of the molecule is CNC(=O)[C@H](Cc1ccc(OC)cc1)NC(=O)C(CC(C)C)C(CC(=O)N[C@H](CC(C)C)C(=O)O)SC(C)=O. The molecule has 3 amide bonds. The zero-order chi connectivity index (χ0) is 29.7. The number of rotatable bonds is 16. The third-order valence-corrected chi connectivity index (χ3v) is 7.16. The monoisotopic (exact) mass is 565 g/mol. The number of ether oxygens (including phenoxy) is 1. The largest absolute Gasteiger partial charge is 0.497 e. The van der Waals surface area contributed by atoms with Crippen molar-refractivity contribution in [2.45, 2.75) is 77.6 Å². The van der Waals surface area contributed by atoms with Crippen molar-refractivity contribution in [1.82, 2.24) is 16.0 Å². The Morgan fingerprint density at radius 1 is 0.897 bits per heavy atom. The lowest BCUT2D eigenvalue weighted by Crippen LogP contribution is -2.51. The van der Waals surface area contributed by atoms with E-state index >= 15 is 0 Å². The second kappa shape index (κ2) is 16.8. The fourth-order valence-electron chi connectivity index (χ4n) is 4.20. The Hall–Kier alpha value is -3.08. The van der Waals surface area contributed by atoms with Crippen LogP contribution in [0.3, 0.4) is 0 Å². The molecule has 0 aromatic heterocycles. The van der Waals surface area contributed by atoms with Gasteiger partial charge < -0.3 is 25.8 Å². The van der Waals surface area contributed by atoms with Crippen LogP contribution in [0.4, 0.5) is 0 Å². The summed E-state index contributed by atoms with van der Waals surface area (Å²) >= 11 is 0.883. The van der Waals surface area contributed by atoms with Crippen LogP contribution in [0.1, 0.15) is 59.4 Å². The maximum absolute atomic E-state index is 13.6. The summed E-state index contributed by atoms with van der Waals surface area (Å²) < 4.78 is 5.18. The highest BCUT2D eigenvalue weighted by molar-refractivity contribution is 8.14. The molecule has 10 nitrogen and oxygen atoms in total. The van der Waals surface area contributed by atoms with E-state index in [0.29, 0.717) is 12.2 Å². The Bertz CT molecular complexity index is 982. The van der Waals surface area contributed by atoms with E-state index in [1.54, 1.807) is 31.4 Å². The van der Waals surface area contributed by atoms with Crippen molar-refractivity contribution < 1.29 is 33.8 Å². The summed E-state index contributed by atoms with van der Waals surface area (Å²) in [6.07, 6.45) is 0.617. The molecular weight excluding hydrogens is 522 g/mol. The van der Waals surface area contributed by atoms with Gasteiger partial charge in [0.05, 0.1) is 13.0 Å². The van der Waals surface area contributed by atoms with Crippen molar-refractivity contribution in [2.24, 2.45) is 17.8 Å². The number of amides is 3. The van der Waals surface area contributed by atoms with Gasteiger partial charge in [-0.2, -0.15) is 0 Å². The summed E-state index contributed by atoms with van der Waals surface area (Å²) in [4.78, 5) is 63.0. The summed E-state index contributed by atoms with van der Waals surface area (Å²) in [6.45, 7) is 8.91. The van der Waals surface area contributed by atoms with Crippen molar-refractivity contribution in [3.8, 4) is 5.75 Å². The minimum atomic E-state index is -1.14. The molecule has 1 rings (SSSR count). The van der Waals surface area contributed by atoms with E-state index in [2.05, 4.69) is 16.0 Å². The predicted octanol–water partition coefficient (Wildman–Crippen LogP) is 2.78. The minimum Gasteiger partial charge on any atom is -0.497 e. The second-order valence-electron chi connectivity index (χ2n) is 10.4. The van der Waals surface area contributed by atoms with Crippen LogP contribution in [0, 0.1) is 17.8 Å². The van der Waals surface area contributed by atoms with Crippen LogP contribution in [0.2, 0.25) is 0 Å². The highest BCUT2D eigenvalue weighted by Gasteiger charge is 2.35. The highest BCUT2D eigenvalue weighted by Crippen LogP contribution is 2.30. The van der Waals surface area contributed by atoms with E-state index in [4.69, 9.17) is 4.74 Å². The Kier molecular flexibility index (Phi) is 14.6. The second-order valence-corrected chi connectivity index (χ2v) is 11.8. The lowest BCUT2D eigenvalue weighted by Gasteiger charge is -2.29. The van der Waals surface area contributed by atoms with E-state index in [1.807, 2.05) is 27.7 Å². The van der Waals surface area contributed by atoms with Gasteiger partial charge in [-0.3, -0.25) is 19.2 Å². The molecule has 0 bridgehead atoms. The number of hydrogen-bond donors (Lipinski definition) is 4. The minimum absolute atomic E-state index is 0.0422. The molecule has 0 spiro atoms. The maximum atomic E-state index is 13.6. The van der Waals surface area contributed by atoms with Crippen LogP contribution in [0.5, 0.6) is 5.75 Å². The number of aliphatic carboxylic acids is 1. The molecule has 0 aliphatic carbocycles. The number of methoxy groups -OCH3 is 1. The van der Waals surface area contributed by atoms with Gasteiger partial charge in [0.25, 0.3) is 0 Å². The first-order chi connectivity index (χ1) is 18.3.